The number of aliphatic carboxylic acids is 3. The number of thioether (sulfide) groups is 1. The quantitative estimate of drug-likeness (QED) is 0.0184. The van der Waals surface area contributed by atoms with Gasteiger partial charge in [-0.2, -0.15) is 0 Å². The SMILES string of the molecule is CC[C@H](C)[C@H](NC(=O)[C@H](CO)NC(=O)[C@H](Cc1ccc(O)cc1)NC(=O)[C@H](CC(=O)O)NC(=O)[C@H](CO)NC(=O)[C@@H](NC(=O)[C@H](Cc1ccccc1)NC(=O)[C@@H](NC(=O)CNC(=O)[C@H](CCC(=O)O)NC(=O)c1ccc(C(=O)NCCN2C(=O)CSC2=O)cc1)[C@@H](C)O)[C@@H](C)O)C(=O)N[C@@H](Cc1ccc(O)cc1)C(=O)N[C@@H](CC(C)C)C(=O)N[C@@H](CC(=O)O)C(=O)N[C@H](C)CCCCN. The van der Waals surface area contributed by atoms with E-state index in [0.717, 1.165) is 30.5 Å². The number of rotatable bonds is 57. The molecule has 5 rings (SSSR count). The van der Waals surface area contributed by atoms with Gasteiger partial charge in [-0.05, 0) is 130 Å². The molecule has 16 atom stereocenters. The van der Waals surface area contributed by atoms with Gasteiger partial charge < -0.3 is 131 Å². The monoisotopic (exact) mass is 1900 g/mol. The zero-order valence-electron chi connectivity index (χ0n) is 74.7. The zero-order chi connectivity index (χ0) is 99.8. The van der Waals surface area contributed by atoms with Crippen molar-refractivity contribution in [1.82, 2.24) is 84.7 Å². The molecule has 0 bridgehead atoms. The van der Waals surface area contributed by atoms with Gasteiger partial charge in [-0.15, -0.1) is 0 Å². The van der Waals surface area contributed by atoms with Crippen LogP contribution in [0.25, 0.3) is 0 Å². The summed E-state index contributed by atoms with van der Waals surface area (Å²) in [6, 6.07) is 0.418. The number of carbonyl (C=O) groups is 20. The van der Waals surface area contributed by atoms with Crippen LogP contribution in [-0.2, 0) is 101 Å². The Morgan fingerprint density at radius 2 is 0.821 bits per heavy atom. The first-order valence-corrected chi connectivity index (χ1v) is 43.9. The predicted octanol–water partition coefficient (Wildman–Crippen LogP) is -4.92. The van der Waals surface area contributed by atoms with E-state index in [1.165, 1.54) is 91.9 Å². The maximum Gasteiger partial charge on any atom is 0.305 e. The number of aromatic hydroxyl groups is 2. The number of benzene rings is 4. The summed E-state index contributed by atoms with van der Waals surface area (Å²) in [4.78, 5) is 271. The van der Waals surface area contributed by atoms with E-state index < -0.39 is 273 Å². The van der Waals surface area contributed by atoms with Crippen LogP contribution in [0, 0.1) is 11.8 Å². The first kappa shape index (κ1) is 111. The van der Waals surface area contributed by atoms with Crippen LogP contribution in [0.5, 0.6) is 11.5 Å². The number of hydrogen-bond acceptors (Lipinski definition) is 28. The molecule has 4 aromatic rings. The lowest BCUT2D eigenvalue weighted by atomic mass is 9.96. The van der Waals surface area contributed by atoms with Crippen LogP contribution in [0.4, 0.5) is 4.79 Å². The van der Waals surface area contributed by atoms with E-state index in [1.54, 1.807) is 45.9 Å². The van der Waals surface area contributed by atoms with Gasteiger partial charge in [-0.25, -0.2) is 0 Å². The molecule has 46 nitrogen and oxygen atoms in total. The number of phenolic OH excluding ortho intramolecular Hbond substituents is 2. The van der Waals surface area contributed by atoms with E-state index in [-0.39, 0.29) is 72.2 Å². The summed E-state index contributed by atoms with van der Waals surface area (Å²) in [6.45, 7) is 6.95. The summed E-state index contributed by atoms with van der Waals surface area (Å²) >= 11 is 0.819. The fraction of sp³-hybridized carbons (Fsp3) is 0.494. The lowest BCUT2D eigenvalue weighted by Gasteiger charge is -2.30. The molecule has 1 aliphatic heterocycles. The van der Waals surface area contributed by atoms with Crippen molar-refractivity contribution in [2.45, 2.75) is 216 Å². The first-order valence-electron chi connectivity index (χ1n) is 43.0. The second kappa shape index (κ2) is 55.5. The molecule has 0 unspecified atom stereocenters. The molecule has 1 saturated heterocycles. The van der Waals surface area contributed by atoms with Crippen molar-refractivity contribution < 1.29 is 142 Å². The van der Waals surface area contributed by atoms with E-state index in [4.69, 9.17) is 5.73 Å². The van der Waals surface area contributed by atoms with Crippen molar-refractivity contribution >= 4 is 129 Å². The Kier molecular flexibility index (Phi) is 45.9. The molecule has 17 amide bonds. The predicted molar refractivity (Wildman–Crippen MR) is 476 cm³/mol. The number of unbranched alkanes of at least 4 members (excludes halogenated alkanes) is 1. The summed E-state index contributed by atoms with van der Waals surface area (Å²) in [5, 5.41) is 128. The highest BCUT2D eigenvalue weighted by atomic mass is 32.2. The molecule has 0 spiro atoms. The third-order valence-corrected chi connectivity index (χ3v) is 21.8. The molecule has 134 heavy (non-hydrogen) atoms. The fourth-order valence-corrected chi connectivity index (χ4v) is 14.0. The van der Waals surface area contributed by atoms with E-state index in [0.29, 0.717) is 36.9 Å². The van der Waals surface area contributed by atoms with Crippen LogP contribution >= 0.6 is 11.8 Å². The average Bonchev–Trinajstić information content (AvgIpc) is 1.10. The maximum atomic E-state index is 14.7. The normalized spacial score (nSPS) is 15.3. The van der Waals surface area contributed by atoms with Crippen LogP contribution < -0.4 is 85.5 Å². The molecular weight excluding hydrogens is 1780 g/mol. The highest BCUT2D eigenvalue weighted by Crippen LogP contribution is 2.21. The van der Waals surface area contributed by atoms with Crippen LogP contribution in [0.1, 0.15) is 144 Å². The van der Waals surface area contributed by atoms with Crippen molar-refractivity contribution in [2.24, 2.45) is 17.6 Å². The van der Waals surface area contributed by atoms with Gasteiger partial charge in [0.05, 0.1) is 50.6 Å². The molecule has 0 aromatic heterocycles. The summed E-state index contributed by atoms with van der Waals surface area (Å²) in [5.41, 5.74) is 6.42. The van der Waals surface area contributed by atoms with E-state index in [2.05, 4.69) is 79.8 Å². The standard InChI is InChI=1S/C87H119N17O29S/c1-8-45(4)70(84(130)97-59(37-51-19-27-55(110)28-20-51)78(124)93-57(34-44(2)3)77(123)95-61(38-68(115)116)76(122)91-46(5)14-12-13-31-88)102-83(129)64(42-106)99-79(125)58(36-50-17-25-54(109)26-18-50)94-80(126)62(39-69(117)118)96-82(128)63(41-105)100-86(132)72(48(7)108)103-81(127)60(35-49-15-10-9-11-16-49)98-85(131)71(47(6)107)101-65(111)40-90-75(121)56(29-30-67(113)114)92-74(120)53-23-21-52(22-24-53)73(119)89-32-33-104-66(112)43-134-87(104)133/h9-11,15-28,44-48,56-64,70-72,105-110H,8,12-14,29-43,88H2,1-7H3,(H,89,119)(H,90,121)(H,91,122)(H,92,120)(H,93,124)(H,94,126)(H,95,123)(H,96,128)(H,97,130)(H,98,131)(H,99,125)(H,100,132)(H,101,111)(H,102,129)(H,103,127)(H,113,114)(H,115,116)(H,117,118)/t45-,46+,47+,48+,56-,57-,58-,59-,60-,61-,62-,63-,64-,70-,71-,72-/m0/s1. The number of phenols is 2. The summed E-state index contributed by atoms with van der Waals surface area (Å²) in [7, 11) is 0. The topological polar surface area (TPSA) is 733 Å². The molecule has 47 heteroatoms. The molecular formula is C87H119N17O29S. The highest BCUT2D eigenvalue weighted by molar-refractivity contribution is 8.14. The van der Waals surface area contributed by atoms with Gasteiger partial charge in [0, 0.05) is 55.9 Å². The van der Waals surface area contributed by atoms with E-state index in [9.17, 15) is 142 Å². The molecule has 0 saturated carbocycles. The van der Waals surface area contributed by atoms with Crippen LogP contribution in [0.3, 0.4) is 0 Å². The Balaban J connectivity index is 1.30. The number of aliphatic hydroxyl groups is 4. The number of carboxylic acid groups (broad SMARTS) is 3. The smallest absolute Gasteiger partial charge is 0.305 e. The van der Waals surface area contributed by atoms with Gasteiger partial charge in [0.1, 0.15) is 84.0 Å². The van der Waals surface area contributed by atoms with Crippen molar-refractivity contribution in [2.75, 3.05) is 45.1 Å². The molecule has 0 radical (unpaired) electrons. The number of nitrogens with one attached hydrogen (secondary N) is 15. The number of nitrogens with zero attached hydrogens (tertiary/aromatic N) is 1. The summed E-state index contributed by atoms with van der Waals surface area (Å²) < 4.78 is 0. The third-order valence-electron chi connectivity index (χ3n) is 20.9. The minimum Gasteiger partial charge on any atom is -0.508 e. The molecule has 732 valence electrons. The van der Waals surface area contributed by atoms with Gasteiger partial charge in [0.2, 0.25) is 82.7 Å². The number of aliphatic hydroxyl groups excluding tert-OH is 4. The number of carbonyl (C=O) groups excluding carboxylic acids is 17. The lowest BCUT2D eigenvalue weighted by Crippen LogP contribution is -2.63. The van der Waals surface area contributed by atoms with Crippen molar-refractivity contribution in [1.29, 1.82) is 0 Å². The largest absolute Gasteiger partial charge is 0.508 e. The fourth-order valence-electron chi connectivity index (χ4n) is 13.3. The Morgan fingerprint density at radius 1 is 0.418 bits per heavy atom. The second-order valence-electron chi connectivity index (χ2n) is 32.3. The van der Waals surface area contributed by atoms with Crippen LogP contribution in [-0.4, -0.2) is 304 Å². The maximum absolute atomic E-state index is 14.7. The van der Waals surface area contributed by atoms with Crippen LogP contribution in [0.2, 0.25) is 0 Å². The van der Waals surface area contributed by atoms with Gasteiger partial charge in [-0.3, -0.25) is 101 Å². The summed E-state index contributed by atoms with van der Waals surface area (Å²) in [5.74, 6) is -23.7. The number of amides is 17. The molecule has 0 aliphatic carbocycles. The third kappa shape index (κ3) is 37.5. The summed E-state index contributed by atoms with van der Waals surface area (Å²) in [6.07, 6.45) is -6.53. The lowest BCUT2D eigenvalue weighted by molar-refractivity contribution is -0.142. The van der Waals surface area contributed by atoms with Gasteiger partial charge in [0.15, 0.2) is 0 Å². The number of hydrogen-bond donors (Lipinski definition) is 25. The van der Waals surface area contributed by atoms with Gasteiger partial charge >= 0.3 is 17.9 Å². The molecule has 1 aliphatic rings. The number of carboxylic acids is 3. The highest BCUT2D eigenvalue weighted by Gasteiger charge is 2.41. The Hall–Kier alpha value is -13.8. The van der Waals surface area contributed by atoms with Crippen molar-refractivity contribution in [3.8, 4) is 11.5 Å². The minimum absolute atomic E-state index is 0.0251. The van der Waals surface area contributed by atoms with E-state index >= 15 is 0 Å². The molecule has 4 aromatic carbocycles. The Bertz CT molecular complexity index is 4750. The molecule has 26 N–H and O–H groups in total. The van der Waals surface area contributed by atoms with Crippen LogP contribution in [0.15, 0.2) is 103 Å². The number of nitrogens with two attached hydrogens (primary N) is 1. The second-order valence-corrected chi connectivity index (χ2v) is 33.2. The molecule has 1 heterocycles. The zero-order valence-corrected chi connectivity index (χ0v) is 75.5. The Morgan fingerprint density at radius 3 is 1.28 bits per heavy atom. The Labute approximate surface area is 773 Å². The first-order chi connectivity index (χ1) is 63.3. The van der Waals surface area contributed by atoms with Gasteiger partial charge in [0.25, 0.3) is 17.1 Å². The molecule has 1 fully saturated rings. The average molecular weight is 1900 g/mol. The van der Waals surface area contributed by atoms with Gasteiger partial charge in [-0.1, -0.05) is 107 Å². The van der Waals surface area contributed by atoms with Crippen molar-refractivity contribution in [3.63, 3.8) is 0 Å². The van der Waals surface area contributed by atoms with Crippen molar-refractivity contribution in [3.05, 3.63) is 131 Å². The minimum atomic E-state index is -2.23. The van der Waals surface area contributed by atoms with E-state index in [1.807, 2.05) is 0 Å². The number of imide groups is 1.